The summed E-state index contributed by atoms with van der Waals surface area (Å²) in [5.74, 6) is 2.40. The molecule has 20 nitrogen and oxygen atoms in total. The number of fused-ring (bicyclic) bond motifs is 2. The van der Waals surface area contributed by atoms with Gasteiger partial charge in [0.25, 0.3) is 0 Å². The Morgan fingerprint density at radius 3 is 2.14 bits per heavy atom. The normalized spacial score (nSPS) is 24.0. The highest BCUT2D eigenvalue weighted by Crippen LogP contribution is 2.34. The lowest BCUT2D eigenvalue weighted by molar-refractivity contribution is -0.121. The summed E-state index contributed by atoms with van der Waals surface area (Å²) in [6, 6.07) is 0.388. The van der Waals surface area contributed by atoms with Crippen LogP contribution >= 0.6 is 23.5 Å². The van der Waals surface area contributed by atoms with Crippen LogP contribution in [0, 0.1) is 0 Å². The quantitative estimate of drug-likeness (QED) is 0.0409. The Labute approximate surface area is 347 Å². The van der Waals surface area contributed by atoms with Crippen LogP contribution in [0.1, 0.15) is 31.9 Å². The molecule has 2 aromatic rings. The summed E-state index contributed by atoms with van der Waals surface area (Å²) in [6.45, 7) is 6.94. The van der Waals surface area contributed by atoms with E-state index in [1.54, 1.807) is 16.3 Å². The van der Waals surface area contributed by atoms with Crippen molar-refractivity contribution in [1.29, 1.82) is 0 Å². The van der Waals surface area contributed by atoms with E-state index in [0.29, 0.717) is 133 Å². The van der Waals surface area contributed by atoms with Crippen molar-refractivity contribution in [2.75, 3.05) is 122 Å². The molecule has 0 aromatic carbocycles. The number of carbonyl (C=O) groups excluding carboxylic acids is 2. The molecule has 0 bridgehead atoms. The van der Waals surface area contributed by atoms with E-state index in [9.17, 15) is 19.8 Å². The van der Waals surface area contributed by atoms with Gasteiger partial charge in [0.1, 0.15) is 24.1 Å². The molecule has 3 aliphatic rings. The summed E-state index contributed by atoms with van der Waals surface area (Å²) in [5, 5.41) is 30.4. The molecule has 0 radical (unpaired) electrons. The first-order valence-electron chi connectivity index (χ1n) is 19.9. The number of rotatable bonds is 32. The fourth-order valence-corrected chi connectivity index (χ4v) is 8.97. The van der Waals surface area contributed by atoms with Crippen LogP contribution in [0.25, 0.3) is 11.2 Å². The highest BCUT2D eigenvalue weighted by atomic mass is 32.2. The molecular weight excluding hydrogens is 801 g/mol. The van der Waals surface area contributed by atoms with Gasteiger partial charge in [-0.3, -0.25) is 9.36 Å². The molecule has 5 heterocycles. The number of imidazole rings is 1. The maximum atomic E-state index is 12.1. The summed E-state index contributed by atoms with van der Waals surface area (Å²) < 4.78 is 46.2. The monoisotopic (exact) mass is 860 g/mol. The number of carbonyl (C=O) groups is 2. The van der Waals surface area contributed by atoms with Crippen molar-refractivity contribution in [3.63, 3.8) is 0 Å². The van der Waals surface area contributed by atoms with Crippen molar-refractivity contribution < 1.29 is 57.7 Å². The van der Waals surface area contributed by atoms with Gasteiger partial charge >= 0.3 is 6.03 Å². The molecule has 22 heteroatoms. The number of anilines is 1. The summed E-state index contributed by atoms with van der Waals surface area (Å²) in [5.41, 5.74) is 6.69. The average molecular weight is 861 g/mol. The Balaban J connectivity index is 0.698. The van der Waals surface area contributed by atoms with Crippen molar-refractivity contribution in [2.24, 2.45) is 0 Å². The third-order valence-corrected chi connectivity index (χ3v) is 12.1. The van der Waals surface area contributed by atoms with Crippen LogP contribution in [-0.2, 0) is 42.7 Å². The zero-order chi connectivity index (χ0) is 40.8. The highest BCUT2D eigenvalue weighted by molar-refractivity contribution is 8.00. The second-order valence-corrected chi connectivity index (χ2v) is 16.1. The fraction of sp³-hybridized carbons (Fsp3) is 0.806. The molecule has 5 rings (SSSR count). The predicted molar refractivity (Wildman–Crippen MR) is 216 cm³/mol. The molecule has 328 valence electrons. The van der Waals surface area contributed by atoms with E-state index in [0.717, 1.165) is 25.0 Å². The van der Waals surface area contributed by atoms with E-state index in [1.165, 1.54) is 12.7 Å². The maximum Gasteiger partial charge on any atom is 0.315 e. The van der Waals surface area contributed by atoms with Crippen LogP contribution < -0.4 is 21.7 Å². The molecule has 58 heavy (non-hydrogen) atoms. The Bertz CT molecular complexity index is 1490. The number of thioether (sulfide) groups is 2. The summed E-state index contributed by atoms with van der Waals surface area (Å²) in [4.78, 5) is 35.8. The number of nitrogen functional groups attached to an aromatic ring is 1. The minimum Gasteiger partial charge on any atom is -0.387 e. The first-order chi connectivity index (χ1) is 28.4. The largest absolute Gasteiger partial charge is 0.387 e. The van der Waals surface area contributed by atoms with Gasteiger partial charge in [-0.05, 0) is 12.8 Å². The molecule has 7 N–H and O–H groups in total. The lowest BCUT2D eigenvalue weighted by atomic mass is 10.0. The van der Waals surface area contributed by atoms with Gasteiger partial charge in [0.05, 0.1) is 117 Å². The Morgan fingerprint density at radius 2 is 1.48 bits per heavy atom. The van der Waals surface area contributed by atoms with Crippen LogP contribution in [-0.4, -0.2) is 194 Å². The number of nitrogens with one attached hydrogen (secondary N) is 3. The minimum absolute atomic E-state index is 0.0353. The van der Waals surface area contributed by atoms with Crippen molar-refractivity contribution in [3.8, 4) is 0 Å². The second kappa shape index (κ2) is 26.6. The number of hydrogen-bond acceptors (Lipinski definition) is 18. The van der Waals surface area contributed by atoms with Crippen molar-refractivity contribution in [3.05, 3.63) is 12.7 Å². The van der Waals surface area contributed by atoms with Gasteiger partial charge in [-0.25, -0.2) is 19.7 Å². The lowest BCUT2D eigenvalue weighted by Crippen LogP contribution is -2.36. The average Bonchev–Trinajstić information content (AvgIpc) is 3.98. The molecule has 3 saturated heterocycles. The van der Waals surface area contributed by atoms with E-state index in [4.69, 9.17) is 43.6 Å². The summed E-state index contributed by atoms with van der Waals surface area (Å²) >= 11 is 3.46. The van der Waals surface area contributed by atoms with Gasteiger partial charge in [-0.2, -0.15) is 23.5 Å². The highest BCUT2D eigenvalue weighted by Gasteiger charge is 2.44. The molecule has 0 aliphatic carbocycles. The van der Waals surface area contributed by atoms with Gasteiger partial charge < -0.3 is 69.8 Å². The summed E-state index contributed by atoms with van der Waals surface area (Å²) in [6.07, 6.45) is 2.51. The standard InChI is InChI=1S/C36H60N8O12S2/c37-33-30-34(40-23-39-33)44(24-41-30)35-32(47)31(46)26(56-35)22-57-20-19-55-18-17-54-16-15-53-14-13-52-12-11-51-10-9-50-8-7-49-6-5-38-28(45)4-2-1-3-27-29-25(21-58-27)42-36(48)43-29/h23-27,29,31-32,35,46-47H,1-22H2,(H,38,45)(H2,37,39,40)(H2,42,43,48)/t25?,26-,27+,29?,31-,32-,35-/m1/s1. The van der Waals surface area contributed by atoms with Gasteiger partial charge in [-0.1, -0.05) is 6.42 Å². The zero-order valence-corrected chi connectivity index (χ0v) is 34.5. The Hall–Kier alpha value is -2.61. The Kier molecular flexibility index (Phi) is 21.3. The molecule has 3 amide bonds. The molecule has 0 saturated carbocycles. The predicted octanol–water partition coefficient (Wildman–Crippen LogP) is -0.281. The number of aliphatic hydroxyl groups is 2. The molecule has 2 unspecified atom stereocenters. The fourth-order valence-electron chi connectivity index (χ4n) is 6.52. The van der Waals surface area contributed by atoms with E-state index < -0.39 is 24.5 Å². The molecule has 3 fully saturated rings. The number of urea groups is 1. The van der Waals surface area contributed by atoms with Gasteiger partial charge in [-0.15, -0.1) is 0 Å². The number of nitrogens with two attached hydrogens (primary N) is 1. The van der Waals surface area contributed by atoms with Gasteiger partial charge in [0.15, 0.2) is 17.7 Å². The molecule has 7 atom stereocenters. The minimum atomic E-state index is -1.14. The van der Waals surface area contributed by atoms with Crippen molar-refractivity contribution in [2.45, 2.75) is 67.6 Å². The first-order valence-corrected chi connectivity index (χ1v) is 22.1. The lowest BCUT2D eigenvalue weighted by Gasteiger charge is -2.16. The van der Waals surface area contributed by atoms with Crippen LogP contribution in [0.5, 0.6) is 0 Å². The smallest absolute Gasteiger partial charge is 0.315 e. The molecule has 0 spiro atoms. The van der Waals surface area contributed by atoms with Gasteiger partial charge in [0, 0.05) is 35.5 Å². The van der Waals surface area contributed by atoms with Gasteiger partial charge in [0.2, 0.25) is 5.91 Å². The van der Waals surface area contributed by atoms with Crippen LogP contribution in [0.4, 0.5) is 10.6 Å². The topological polar surface area (TPSA) is 254 Å². The third kappa shape index (κ3) is 15.4. The first kappa shape index (κ1) is 46.5. The van der Waals surface area contributed by atoms with E-state index in [2.05, 4.69) is 30.9 Å². The maximum absolute atomic E-state index is 12.1. The SMILES string of the molecule is Nc1ncnc2c1ncn2[C@@H]1O[C@H](CSCCOCCOCCOCCOCCOCCOCCOCCNC(=O)CCCC[C@@H]2SCC3NC(=O)NC32)[C@@H](O)[C@H]1O. The van der Waals surface area contributed by atoms with Crippen LogP contribution in [0.2, 0.25) is 0 Å². The van der Waals surface area contributed by atoms with E-state index in [1.807, 2.05) is 11.8 Å². The zero-order valence-electron chi connectivity index (χ0n) is 32.9. The number of nitrogens with zero attached hydrogens (tertiary/aromatic N) is 4. The van der Waals surface area contributed by atoms with E-state index >= 15 is 0 Å². The Morgan fingerprint density at radius 1 is 0.862 bits per heavy atom. The third-order valence-electron chi connectivity index (χ3n) is 9.53. The number of amides is 3. The molecular formula is C36H60N8O12S2. The van der Waals surface area contributed by atoms with E-state index in [-0.39, 0.29) is 29.8 Å². The summed E-state index contributed by atoms with van der Waals surface area (Å²) in [7, 11) is 0. The molecule has 2 aromatic heterocycles. The number of aliphatic hydroxyl groups excluding tert-OH is 2. The number of ether oxygens (including phenoxy) is 8. The van der Waals surface area contributed by atoms with Crippen molar-refractivity contribution >= 4 is 52.4 Å². The second-order valence-electron chi connectivity index (χ2n) is 13.7. The molecule has 3 aliphatic heterocycles. The van der Waals surface area contributed by atoms with Crippen LogP contribution in [0.3, 0.4) is 0 Å². The van der Waals surface area contributed by atoms with Crippen LogP contribution in [0.15, 0.2) is 12.7 Å². The van der Waals surface area contributed by atoms with Crippen molar-refractivity contribution in [1.82, 2.24) is 35.5 Å². The number of hydrogen-bond donors (Lipinski definition) is 6. The number of unbranched alkanes of at least 4 members (excludes halogenated alkanes) is 1. The number of aromatic nitrogens is 4.